The van der Waals surface area contributed by atoms with Gasteiger partial charge in [-0.25, -0.2) is 0 Å². The highest BCUT2D eigenvalue weighted by atomic mass is 16.5. The van der Waals surface area contributed by atoms with Crippen molar-refractivity contribution in [3.63, 3.8) is 0 Å². The molecule has 1 saturated heterocycles. The lowest BCUT2D eigenvalue weighted by atomic mass is 9.71. The molecule has 1 aliphatic heterocycles. The van der Waals surface area contributed by atoms with E-state index in [2.05, 4.69) is 12.2 Å². The van der Waals surface area contributed by atoms with Gasteiger partial charge in [-0.05, 0) is 45.1 Å². The Hall–Kier alpha value is -0.610. The second kappa shape index (κ2) is 5.80. The summed E-state index contributed by atoms with van der Waals surface area (Å²) in [5.74, 6) is 0.146. The van der Waals surface area contributed by atoms with E-state index in [0.29, 0.717) is 13.0 Å². The minimum absolute atomic E-state index is 0.0430. The fourth-order valence-corrected chi connectivity index (χ4v) is 3.46. The van der Waals surface area contributed by atoms with E-state index in [9.17, 15) is 4.79 Å². The molecule has 1 heterocycles. The number of hydrogen-bond donors (Lipinski definition) is 2. The van der Waals surface area contributed by atoms with E-state index in [1.54, 1.807) is 0 Å². The summed E-state index contributed by atoms with van der Waals surface area (Å²) < 4.78 is 5.57. The Morgan fingerprint density at radius 2 is 2.00 bits per heavy atom. The maximum atomic E-state index is 12.4. The summed E-state index contributed by atoms with van der Waals surface area (Å²) in [6, 6.07) is 0. The smallest absolute Gasteiger partial charge is 0.221 e. The topological polar surface area (TPSA) is 64.3 Å². The van der Waals surface area contributed by atoms with Crippen LogP contribution in [0.4, 0.5) is 0 Å². The fourth-order valence-electron chi connectivity index (χ4n) is 3.46. The van der Waals surface area contributed by atoms with Gasteiger partial charge in [0.05, 0.1) is 11.6 Å². The van der Waals surface area contributed by atoms with E-state index in [0.717, 1.165) is 25.9 Å². The summed E-state index contributed by atoms with van der Waals surface area (Å²) in [7, 11) is 0. The molecule has 0 bridgehead atoms. The molecule has 110 valence electrons. The van der Waals surface area contributed by atoms with Crippen LogP contribution in [0.15, 0.2) is 0 Å². The van der Waals surface area contributed by atoms with E-state index in [1.807, 2.05) is 6.92 Å². The molecule has 2 aliphatic rings. The van der Waals surface area contributed by atoms with Gasteiger partial charge in [0, 0.05) is 13.0 Å². The monoisotopic (exact) mass is 268 g/mol. The molecule has 2 unspecified atom stereocenters. The molecule has 1 amide bonds. The highest BCUT2D eigenvalue weighted by Crippen LogP contribution is 2.38. The van der Waals surface area contributed by atoms with E-state index in [4.69, 9.17) is 10.5 Å². The zero-order valence-corrected chi connectivity index (χ0v) is 12.3. The molecule has 0 radical (unpaired) electrons. The van der Waals surface area contributed by atoms with Crippen LogP contribution in [-0.2, 0) is 9.53 Å². The highest BCUT2D eigenvalue weighted by Gasteiger charge is 2.40. The Bertz CT molecular complexity index is 326. The first-order chi connectivity index (χ1) is 9.00. The number of ether oxygens (including phenoxy) is 1. The number of rotatable bonds is 4. The molecule has 4 heteroatoms. The first-order valence-electron chi connectivity index (χ1n) is 7.62. The van der Waals surface area contributed by atoms with Crippen molar-refractivity contribution in [3.8, 4) is 0 Å². The minimum atomic E-state index is -0.207. The Morgan fingerprint density at radius 3 is 2.53 bits per heavy atom. The molecule has 4 nitrogen and oxygen atoms in total. The van der Waals surface area contributed by atoms with Crippen molar-refractivity contribution in [2.24, 2.45) is 11.1 Å². The Labute approximate surface area is 116 Å². The van der Waals surface area contributed by atoms with Crippen molar-refractivity contribution in [2.75, 3.05) is 13.2 Å². The number of nitrogens with two attached hydrogens (primary N) is 1. The summed E-state index contributed by atoms with van der Waals surface area (Å²) in [5.41, 5.74) is 5.79. The van der Waals surface area contributed by atoms with E-state index in [-0.39, 0.29) is 23.0 Å². The molecule has 0 spiro atoms. The van der Waals surface area contributed by atoms with Gasteiger partial charge in [0.25, 0.3) is 0 Å². The third kappa shape index (κ3) is 3.29. The van der Waals surface area contributed by atoms with Crippen LogP contribution in [0.5, 0.6) is 0 Å². The molecule has 2 rings (SSSR count). The van der Waals surface area contributed by atoms with Gasteiger partial charge < -0.3 is 15.8 Å². The predicted molar refractivity (Wildman–Crippen MR) is 75.8 cm³/mol. The number of carbonyl (C=O) groups excluding carboxylic acids is 1. The summed E-state index contributed by atoms with van der Waals surface area (Å²) in [6.45, 7) is 5.48. The lowest BCUT2D eigenvalue weighted by Gasteiger charge is -2.37. The Balaban J connectivity index is 1.93. The molecule has 19 heavy (non-hydrogen) atoms. The van der Waals surface area contributed by atoms with Gasteiger partial charge >= 0.3 is 0 Å². The molecular formula is C15H28N2O2. The summed E-state index contributed by atoms with van der Waals surface area (Å²) in [4.78, 5) is 12.4. The lowest BCUT2D eigenvalue weighted by Crippen LogP contribution is -2.52. The van der Waals surface area contributed by atoms with Crippen LogP contribution in [-0.4, -0.2) is 30.7 Å². The SMILES string of the molecule is CC1OCCC1(C)NC(=O)CC1(CN)CCCCC1. The Kier molecular flexibility index (Phi) is 4.51. The molecule has 2 fully saturated rings. The van der Waals surface area contributed by atoms with E-state index < -0.39 is 0 Å². The largest absolute Gasteiger partial charge is 0.376 e. The number of hydrogen-bond acceptors (Lipinski definition) is 3. The molecule has 1 saturated carbocycles. The average Bonchev–Trinajstić information content (AvgIpc) is 2.70. The molecule has 1 aliphatic carbocycles. The van der Waals surface area contributed by atoms with Gasteiger partial charge in [-0.2, -0.15) is 0 Å². The van der Waals surface area contributed by atoms with Gasteiger partial charge in [0.2, 0.25) is 5.91 Å². The average molecular weight is 268 g/mol. The number of nitrogens with one attached hydrogen (secondary N) is 1. The van der Waals surface area contributed by atoms with Crippen LogP contribution in [0.3, 0.4) is 0 Å². The predicted octanol–water partition coefficient (Wildman–Crippen LogP) is 1.97. The van der Waals surface area contributed by atoms with Crippen LogP contribution in [0.1, 0.15) is 58.8 Å². The van der Waals surface area contributed by atoms with Crippen LogP contribution in [0.2, 0.25) is 0 Å². The molecule has 0 aromatic heterocycles. The third-order valence-electron chi connectivity index (χ3n) is 5.19. The van der Waals surface area contributed by atoms with Gasteiger partial charge in [-0.3, -0.25) is 4.79 Å². The maximum Gasteiger partial charge on any atom is 0.221 e. The summed E-state index contributed by atoms with van der Waals surface area (Å²) >= 11 is 0. The number of amides is 1. The van der Waals surface area contributed by atoms with Crippen molar-refractivity contribution in [3.05, 3.63) is 0 Å². The van der Waals surface area contributed by atoms with Gasteiger partial charge in [-0.15, -0.1) is 0 Å². The molecule has 0 aromatic carbocycles. The van der Waals surface area contributed by atoms with E-state index >= 15 is 0 Å². The second-order valence-corrected chi connectivity index (χ2v) is 6.67. The van der Waals surface area contributed by atoms with Crippen molar-refractivity contribution >= 4 is 5.91 Å². The zero-order chi connectivity index (χ0) is 13.9. The standard InChI is InChI=1S/C15H28N2O2/c1-12-14(2,8-9-19-12)17-13(18)10-15(11-16)6-4-3-5-7-15/h12H,3-11,16H2,1-2H3,(H,17,18). The first kappa shape index (κ1) is 14.8. The van der Waals surface area contributed by atoms with Gasteiger partial charge in [0.1, 0.15) is 0 Å². The lowest BCUT2D eigenvalue weighted by molar-refractivity contribution is -0.126. The number of carbonyl (C=O) groups is 1. The van der Waals surface area contributed by atoms with Crippen LogP contribution < -0.4 is 11.1 Å². The van der Waals surface area contributed by atoms with Crippen LogP contribution in [0.25, 0.3) is 0 Å². The van der Waals surface area contributed by atoms with Crippen LogP contribution >= 0.6 is 0 Å². The van der Waals surface area contributed by atoms with Crippen LogP contribution in [0, 0.1) is 5.41 Å². The van der Waals surface area contributed by atoms with Gasteiger partial charge in [-0.1, -0.05) is 19.3 Å². The minimum Gasteiger partial charge on any atom is -0.376 e. The Morgan fingerprint density at radius 1 is 1.32 bits per heavy atom. The maximum absolute atomic E-state index is 12.4. The molecule has 3 N–H and O–H groups in total. The first-order valence-corrected chi connectivity index (χ1v) is 7.62. The fraction of sp³-hybridized carbons (Fsp3) is 0.933. The summed E-state index contributed by atoms with van der Waals surface area (Å²) in [6.07, 6.45) is 7.46. The summed E-state index contributed by atoms with van der Waals surface area (Å²) in [5, 5.41) is 3.19. The normalized spacial score (nSPS) is 34.2. The second-order valence-electron chi connectivity index (χ2n) is 6.67. The van der Waals surface area contributed by atoms with Gasteiger partial charge in [0.15, 0.2) is 0 Å². The van der Waals surface area contributed by atoms with Crippen molar-refractivity contribution in [2.45, 2.75) is 70.4 Å². The highest BCUT2D eigenvalue weighted by molar-refractivity contribution is 5.77. The molecular weight excluding hydrogens is 240 g/mol. The third-order valence-corrected chi connectivity index (χ3v) is 5.19. The van der Waals surface area contributed by atoms with Crippen molar-refractivity contribution < 1.29 is 9.53 Å². The zero-order valence-electron chi connectivity index (χ0n) is 12.3. The molecule has 0 aromatic rings. The van der Waals surface area contributed by atoms with Crippen molar-refractivity contribution in [1.82, 2.24) is 5.32 Å². The quantitative estimate of drug-likeness (QED) is 0.819. The van der Waals surface area contributed by atoms with E-state index in [1.165, 1.54) is 19.3 Å². The van der Waals surface area contributed by atoms with Crippen molar-refractivity contribution in [1.29, 1.82) is 0 Å². The molecule has 2 atom stereocenters.